The van der Waals surface area contributed by atoms with Crippen LogP contribution in [0.15, 0.2) is 48.5 Å². The first-order chi connectivity index (χ1) is 14.2. The van der Waals surface area contributed by atoms with Crippen LogP contribution >= 0.6 is 15.9 Å². The molecule has 4 nitrogen and oxygen atoms in total. The summed E-state index contributed by atoms with van der Waals surface area (Å²) in [5.41, 5.74) is 1.85. The van der Waals surface area contributed by atoms with E-state index in [0.29, 0.717) is 12.4 Å². The van der Waals surface area contributed by atoms with Crippen molar-refractivity contribution in [3.05, 3.63) is 59.7 Å². The van der Waals surface area contributed by atoms with Gasteiger partial charge in [-0.05, 0) is 48.2 Å². The van der Waals surface area contributed by atoms with Gasteiger partial charge in [0.05, 0.1) is 13.2 Å². The predicted octanol–water partition coefficient (Wildman–Crippen LogP) is 6.83. The van der Waals surface area contributed by atoms with Crippen molar-refractivity contribution in [2.45, 2.75) is 65.6 Å². The zero-order valence-electron chi connectivity index (χ0n) is 17.7. The molecule has 0 atom stereocenters. The number of ether oxygens (including phenoxy) is 1. The molecule has 0 aliphatic rings. The number of hydrogen-bond acceptors (Lipinski definition) is 4. The summed E-state index contributed by atoms with van der Waals surface area (Å²) in [6.07, 6.45) is 7.43. The van der Waals surface area contributed by atoms with E-state index in [0.717, 1.165) is 35.2 Å². The highest BCUT2D eigenvalue weighted by atomic mass is 79.9. The van der Waals surface area contributed by atoms with Crippen molar-refractivity contribution in [2.75, 3.05) is 11.9 Å². The number of aliphatic hydroxyl groups excluding tert-OH is 1. The summed E-state index contributed by atoms with van der Waals surface area (Å²) in [5.74, 6) is 1.50. The van der Waals surface area contributed by atoms with Crippen LogP contribution in [0.5, 0.6) is 11.5 Å². The fourth-order valence-electron chi connectivity index (χ4n) is 2.35. The van der Waals surface area contributed by atoms with E-state index in [4.69, 9.17) is 19.6 Å². The van der Waals surface area contributed by atoms with E-state index in [1.54, 1.807) is 24.3 Å². The zero-order valence-corrected chi connectivity index (χ0v) is 19.3. The number of benzene rings is 2. The normalized spacial score (nSPS) is 10.2. The lowest BCUT2D eigenvalue weighted by Gasteiger charge is -2.08. The molecule has 162 valence electrons. The Morgan fingerprint density at radius 3 is 1.93 bits per heavy atom. The molecule has 2 aromatic carbocycles. The molecule has 0 aliphatic carbocycles. The van der Waals surface area contributed by atoms with Gasteiger partial charge in [0.15, 0.2) is 5.75 Å². The molecular weight excluding hydrogens is 432 g/mol. The standard InChI is InChI=1S/C20H26O4.C4H9Br/c1-2-3-4-5-14-22-19-10-8-18(9-11-19)16-23-24-20-12-6-17(15-21)7-13-20;1-2-3-4-5/h6-13,21H,2-5,14-16H2,1H3;2-4H2,1H3. The van der Waals surface area contributed by atoms with Crippen LogP contribution in [0.2, 0.25) is 0 Å². The first kappa shape index (κ1) is 25.5. The highest BCUT2D eigenvalue weighted by Crippen LogP contribution is 2.16. The molecule has 2 aromatic rings. The van der Waals surface area contributed by atoms with Crippen LogP contribution in [0.1, 0.15) is 63.5 Å². The second-order valence-corrected chi connectivity index (χ2v) is 7.54. The minimum Gasteiger partial charge on any atom is -0.494 e. The Bertz CT molecular complexity index is 612. The van der Waals surface area contributed by atoms with Crippen molar-refractivity contribution in [1.82, 2.24) is 0 Å². The lowest BCUT2D eigenvalue weighted by molar-refractivity contribution is -0.217. The van der Waals surface area contributed by atoms with Crippen LogP contribution < -0.4 is 9.62 Å². The number of rotatable bonds is 13. The number of halogens is 1. The van der Waals surface area contributed by atoms with Crippen molar-refractivity contribution in [3.8, 4) is 11.5 Å². The molecule has 29 heavy (non-hydrogen) atoms. The van der Waals surface area contributed by atoms with E-state index in [-0.39, 0.29) is 6.61 Å². The van der Waals surface area contributed by atoms with Gasteiger partial charge in [-0.15, -0.1) is 0 Å². The third-order valence-electron chi connectivity index (χ3n) is 4.16. The number of unbranched alkanes of at least 4 members (excludes halogenated alkanes) is 4. The second kappa shape index (κ2) is 17.3. The second-order valence-electron chi connectivity index (χ2n) is 6.74. The first-order valence-electron chi connectivity index (χ1n) is 10.5. The SMILES string of the molecule is CCCCBr.CCCCCCOc1ccc(COOc2ccc(CO)cc2)cc1. The van der Waals surface area contributed by atoms with Gasteiger partial charge in [0.2, 0.25) is 0 Å². The monoisotopic (exact) mass is 466 g/mol. The topological polar surface area (TPSA) is 47.9 Å². The van der Waals surface area contributed by atoms with E-state index in [2.05, 4.69) is 29.8 Å². The molecule has 5 heteroatoms. The Hall–Kier alpha value is -1.56. The van der Waals surface area contributed by atoms with Gasteiger partial charge >= 0.3 is 0 Å². The van der Waals surface area contributed by atoms with Crippen LogP contribution in [0.3, 0.4) is 0 Å². The van der Waals surface area contributed by atoms with E-state index in [1.165, 1.54) is 32.1 Å². The highest BCUT2D eigenvalue weighted by Gasteiger charge is 1.99. The molecule has 0 spiro atoms. The summed E-state index contributed by atoms with van der Waals surface area (Å²) < 4.78 is 5.71. The third-order valence-corrected chi connectivity index (χ3v) is 4.72. The molecule has 0 heterocycles. The molecule has 0 fully saturated rings. The third kappa shape index (κ3) is 12.6. The van der Waals surface area contributed by atoms with Gasteiger partial charge in [-0.1, -0.05) is 79.7 Å². The van der Waals surface area contributed by atoms with Crippen LogP contribution in [0, 0.1) is 0 Å². The lowest BCUT2D eigenvalue weighted by atomic mass is 10.2. The molecule has 0 aliphatic heterocycles. The fraction of sp³-hybridized carbons (Fsp3) is 0.500. The molecule has 0 aromatic heterocycles. The summed E-state index contributed by atoms with van der Waals surface area (Å²) in [4.78, 5) is 10.5. The smallest absolute Gasteiger partial charge is 0.165 e. The molecule has 0 bridgehead atoms. The summed E-state index contributed by atoms with van der Waals surface area (Å²) in [6.45, 7) is 5.53. The van der Waals surface area contributed by atoms with Gasteiger partial charge < -0.3 is 14.7 Å². The first-order valence-corrected chi connectivity index (χ1v) is 11.6. The summed E-state index contributed by atoms with van der Waals surface area (Å²) in [5, 5.41) is 10.1. The van der Waals surface area contributed by atoms with E-state index < -0.39 is 0 Å². The molecule has 1 N–H and O–H groups in total. The zero-order chi connectivity index (χ0) is 21.2. The highest BCUT2D eigenvalue weighted by molar-refractivity contribution is 9.09. The van der Waals surface area contributed by atoms with Crippen LogP contribution in [0.25, 0.3) is 0 Å². The maximum absolute atomic E-state index is 8.99. The summed E-state index contributed by atoms with van der Waals surface area (Å²) in [7, 11) is 0. The van der Waals surface area contributed by atoms with Gasteiger partial charge in [-0.3, -0.25) is 0 Å². The van der Waals surface area contributed by atoms with Gasteiger partial charge in [0.1, 0.15) is 12.4 Å². The van der Waals surface area contributed by atoms with Gasteiger partial charge in [0, 0.05) is 5.33 Å². The Labute approximate surface area is 184 Å². The van der Waals surface area contributed by atoms with E-state index in [1.807, 2.05) is 24.3 Å². The molecule has 0 amide bonds. The van der Waals surface area contributed by atoms with Crippen molar-refractivity contribution in [2.24, 2.45) is 0 Å². The van der Waals surface area contributed by atoms with Crippen LogP contribution in [-0.2, 0) is 18.1 Å². The van der Waals surface area contributed by atoms with Crippen LogP contribution in [0.4, 0.5) is 0 Å². The largest absolute Gasteiger partial charge is 0.494 e. The summed E-state index contributed by atoms with van der Waals surface area (Å²) >= 11 is 3.31. The molecule has 0 radical (unpaired) electrons. The summed E-state index contributed by atoms with van der Waals surface area (Å²) in [6, 6.07) is 15.0. The quantitative estimate of drug-likeness (QED) is 0.152. The maximum Gasteiger partial charge on any atom is 0.165 e. The van der Waals surface area contributed by atoms with Crippen LogP contribution in [-0.4, -0.2) is 17.0 Å². The maximum atomic E-state index is 8.99. The minimum atomic E-state index is 0.0220. The lowest BCUT2D eigenvalue weighted by Crippen LogP contribution is -1.99. The Kier molecular flexibility index (Phi) is 15.2. The molecule has 0 saturated heterocycles. The van der Waals surface area contributed by atoms with Gasteiger partial charge in [-0.25, -0.2) is 0 Å². The average Bonchev–Trinajstić information content (AvgIpc) is 2.76. The average molecular weight is 467 g/mol. The Morgan fingerprint density at radius 2 is 1.38 bits per heavy atom. The Morgan fingerprint density at radius 1 is 0.759 bits per heavy atom. The van der Waals surface area contributed by atoms with Crippen molar-refractivity contribution in [3.63, 3.8) is 0 Å². The van der Waals surface area contributed by atoms with Gasteiger partial charge in [0.25, 0.3) is 0 Å². The number of hydrogen-bond donors (Lipinski definition) is 1. The minimum absolute atomic E-state index is 0.0220. The molecule has 2 rings (SSSR count). The molecule has 0 unspecified atom stereocenters. The van der Waals surface area contributed by atoms with Crippen molar-refractivity contribution in [1.29, 1.82) is 0 Å². The predicted molar refractivity (Wildman–Crippen MR) is 123 cm³/mol. The fourth-order valence-corrected chi connectivity index (χ4v) is 2.91. The Balaban J connectivity index is 0.000000749. The van der Waals surface area contributed by atoms with E-state index in [9.17, 15) is 0 Å². The molecule has 0 saturated carbocycles. The molecular formula is C24H35BrO4. The van der Waals surface area contributed by atoms with Crippen molar-refractivity contribution >= 4 is 15.9 Å². The number of aliphatic hydroxyl groups is 1. The van der Waals surface area contributed by atoms with E-state index >= 15 is 0 Å². The number of alkyl halides is 1. The van der Waals surface area contributed by atoms with Gasteiger partial charge in [-0.2, -0.15) is 4.89 Å². The van der Waals surface area contributed by atoms with Crippen molar-refractivity contribution < 1.29 is 19.6 Å².